The number of hydrazone groups is 1. The van der Waals surface area contributed by atoms with Crippen LogP contribution in [0.2, 0.25) is 0 Å². The van der Waals surface area contributed by atoms with Crippen molar-refractivity contribution in [1.82, 2.24) is 20.1 Å². The number of imidazole rings is 1. The van der Waals surface area contributed by atoms with E-state index in [0.29, 0.717) is 24.4 Å². The molecular weight excluding hydrogens is 509 g/mol. The van der Waals surface area contributed by atoms with Gasteiger partial charge >= 0.3 is 6.18 Å². The SMILES string of the molecule is CCCOc1ccc(-c2cc([C@@H](C)N3Cc4nc(-c5cccc(F)c5F)[nH]c4C=N3)on2)c(C(F)(F)F)c1. The zero-order valence-corrected chi connectivity index (χ0v) is 20.3. The molecule has 0 saturated carbocycles. The number of hydrogen-bond donors (Lipinski definition) is 1. The normalized spacial score (nSPS) is 14.0. The van der Waals surface area contributed by atoms with Crippen molar-refractivity contribution < 1.29 is 31.2 Å². The monoisotopic (exact) mass is 531 g/mol. The van der Waals surface area contributed by atoms with E-state index in [2.05, 4.69) is 20.2 Å². The molecule has 2 aromatic heterocycles. The molecule has 0 bridgehead atoms. The van der Waals surface area contributed by atoms with E-state index < -0.39 is 29.4 Å². The summed E-state index contributed by atoms with van der Waals surface area (Å²) in [7, 11) is 0. The van der Waals surface area contributed by atoms with E-state index in [-0.39, 0.29) is 40.7 Å². The summed E-state index contributed by atoms with van der Waals surface area (Å²) in [6.45, 7) is 4.10. The van der Waals surface area contributed by atoms with Gasteiger partial charge in [0.1, 0.15) is 23.3 Å². The second-order valence-corrected chi connectivity index (χ2v) is 8.73. The van der Waals surface area contributed by atoms with Crippen LogP contribution in [-0.4, -0.2) is 33.0 Å². The summed E-state index contributed by atoms with van der Waals surface area (Å²) in [4.78, 5) is 7.33. The van der Waals surface area contributed by atoms with E-state index >= 15 is 0 Å². The number of nitrogens with one attached hydrogen (secondary N) is 1. The summed E-state index contributed by atoms with van der Waals surface area (Å²) < 4.78 is 80.1. The van der Waals surface area contributed by atoms with Gasteiger partial charge in [0, 0.05) is 11.6 Å². The van der Waals surface area contributed by atoms with Crippen molar-refractivity contribution in [3.63, 3.8) is 0 Å². The Labute approximate surface area is 213 Å². The number of aromatic amines is 1. The maximum Gasteiger partial charge on any atom is 0.417 e. The third-order valence-corrected chi connectivity index (χ3v) is 6.10. The number of hydrogen-bond acceptors (Lipinski definition) is 6. The minimum Gasteiger partial charge on any atom is -0.494 e. The standard InChI is InChI=1S/C26H22F5N5O2/c1-3-9-37-15-7-8-16(18(10-15)26(29,30)31)20-11-23(38-35-20)14(2)36-13-22-21(12-32-36)33-25(34-22)17-5-4-6-19(27)24(17)28/h4-8,10-12,14H,3,9,13H2,1-2H3,(H,33,34)/t14-/m1/s1. The highest BCUT2D eigenvalue weighted by molar-refractivity contribution is 5.81. The quantitative estimate of drug-likeness (QED) is 0.268. The molecule has 1 aliphatic heterocycles. The van der Waals surface area contributed by atoms with Crippen LogP contribution < -0.4 is 4.74 Å². The lowest BCUT2D eigenvalue weighted by atomic mass is 10.0. The molecule has 2 aromatic carbocycles. The lowest BCUT2D eigenvalue weighted by molar-refractivity contribution is -0.137. The third kappa shape index (κ3) is 4.85. The van der Waals surface area contributed by atoms with E-state index in [1.807, 2.05) is 6.92 Å². The molecule has 1 aliphatic rings. The lowest BCUT2D eigenvalue weighted by Crippen LogP contribution is -2.24. The van der Waals surface area contributed by atoms with Crippen molar-refractivity contribution in [2.24, 2.45) is 5.10 Å². The highest BCUT2D eigenvalue weighted by Crippen LogP contribution is 2.40. The smallest absolute Gasteiger partial charge is 0.417 e. The Morgan fingerprint density at radius 2 is 1.95 bits per heavy atom. The number of fused-ring (bicyclic) bond motifs is 1. The Kier molecular flexibility index (Phi) is 6.64. The van der Waals surface area contributed by atoms with Crippen molar-refractivity contribution in [3.8, 4) is 28.4 Å². The first-order valence-corrected chi connectivity index (χ1v) is 11.8. The molecule has 198 valence electrons. The van der Waals surface area contributed by atoms with Crippen LogP contribution in [0, 0.1) is 11.6 Å². The highest BCUT2D eigenvalue weighted by Gasteiger charge is 2.35. The topological polar surface area (TPSA) is 79.5 Å². The van der Waals surface area contributed by atoms with Gasteiger partial charge in [-0.15, -0.1) is 0 Å². The van der Waals surface area contributed by atoms with Crippen LogP contribution in [0.25, 0.3) is 22.6 Å². The maximum absolute atomic E-state index is 14.2. The highest BCUT2D eigenvalue weighted by atomic mass is 19.4. The number of ether oxygens (including phenoxy) is 1. The van der Waals surface area contributed by atoms with Crippen LogP contribution in [0.5, 0.6) is 5.75 Å². The fraction of sp³-hybridized carbons (Fsp3) is 0.269. The fourth-order valence-corrected chi connectivity index (χ4v) is 4.08. The van der Waals surface area contributed by atoms with E-state index in [9.17, 15) is 22.0 Å². The summed E-state index contributed by atoms with van der Waals surface area (Å²) in [5.74, 6) is -1.44. The van der Waals surface area contributed by atoms with Gasteiger partial charge < -0.3 is 14.2 Å². The van der Waals surface area contributed by atoms with Crippen LogP contribution in [-0.2, 0) is 12.7 Å². The lowest BCUT2D eigenvalue weighted by Gasteiger charge is -2.25. The van der Waals surface area contributed by atoms with Gasteiger partial charge in [-0.2, -0.15) is 18.3 Å². The molecule has 5 rings (SSSR count). The van der Waals surface area contributed by atoms with Gasteiger partial charge in [-0.3, -0.25) is 5.01 Å². The molecular formula is C26H22F5N5O2. The molecule has 12 heteroatoms. The van der Waals surface area contributed by atoms with E-state index in [0.717, 1.165) is 12.1 Å². The van der Waals surface area contributed by atoms with Crippen molar-refractivity contribution >= 4 is 6.21 Å². The predicted molar refractivity (Wildman–Crippen MR) is 128 cm³/mol. The molecule has 38 heavy (non-hydrogen) atoms. The summed E-state index contributed by atoms with van der Waals surface area (Å²) in [5.41, 5.74) is 0.0538. The van der Waals surface area contributed by atoms with Crippen LogP contribution in [0.1, 0.15) is 49.0 Å². The van der Waals surface area contributed by atoms with E-state index in [1.165, 1.54) is 36.5 Å². The molecule has 7 nitrogen and oxygen atoms in total. The van der Waals surface area contributed by atoms with Crippen LogP contribution in [0.4, 0.5) is 22.0 Å². The fourth-order valence-electron chi connectivity index (χ4n) is 4.08. The molecule has 0 saturated heterocycles. The van der Waals surface area contributed by atoms with Crippen LogP contribution in [0.3, 0.4) is 0 Å². The number of aromatic nitrogens is 3. The van der Waals surface area contributed by atoms with Gasteiger partial charge in [-0.05, 0) is 43.7 Å². The second-order valence-electron chi connectivity index (χ2n) is 8.73. The number of halogens is 5. The number of rotatable bonds is 7. The number of nitrogens with zero attached hydrogens (tertiary/aromatic N) is 4. The first kappa shape index (κ1) is 25.4. The Morgan fingerprint density at radius 1 is 1.13 bits per heavy atom. The van der Waals surface area contributed by atoms with Crippen molar-refractivity contribution in [2.75, 3.05) is 6.61 Å². The molecule has 0 aliphatic carbocycles. The van der Waals surface area contributed by atoms with E-state index in [1.54, 1.807) is 11.9 Å². The average Bonchev–Trinajstić information content (AvgIpc) is 3.55. The summed E-state index contributed by atoms with van der Waals surface area (Å²) in [6.07, 6.45) is -2.48. The molecule has 3 heterocycles. The predicted octanol–water partition coefficient (Wildman–Crippen LogP) is 6.73. The van der Waals surface area contributed by atoms with Crippen LogP contribution in [0.15, 0.2) is 52.1 Å². The molecule has 1 atom stereocenters. The first-order valence-electron chi connectivity index (χ1n) is 11.8. The zero-order chi connectivity index (χ0) is 27.0. The largest absolute Gasteiger partial charge is 0.494 e. The minimum atomic E-state index is -4.63. The Morgan fingerprint density at radius 3 is 2.71 bits per heavy atom. The molecule has 0 spiro atoms. The minimum absolute atomic E-state index is 0.0149. The van der Waals surface area contributed by atoms with Gasteiger partial charge in [0.05, 0.1) is 41.9 Å². The molecule has 1 N–H and O–H groups in total. The molecule has 0 unspecified atom stereocenters. The van der Waals surface area contributed by atoms with Crippen LogP contribution >= 0.6 is 0 Å². The Balaban J connectivity index is 1.37. The molecule has 0 fully saturated rings. The van der Waals surface area contributed by atoms with Gasteiger partial charge in [0.15, 0.2) is 17.4 Å². The summed E-state index contributed by atoms with van der Waals surface area (Å²) in [5, 5.41) is 9.84. The van der Waals surface area contributed by atoms with Gasteiger partial charge in [0.25, 0.3) is 0 Å². The third-order valence-electron chi connectivity index (χ3n) is 6.10. The maximum atomic E-state index is 14.2. The number of alkyl halides is 3. The summed E-state index contributed by atoms with van der Waals surface area (Å²) >= 11 is 0. The van der Waals surface area contributed by atoms with Crippen molar-refractivity contribution in [1.29, 1.82) is 0 Å². The van der Waals surface area contributed by atoms with Crippen molar-refractivity contribution in [2.45, 2.75) is 39.0 Å². The Hall–Kier alpha value is -4.22. The van der Waals surface area contributed by atoms with Gasteiger partial charge in [-0.1, -0.05) is 18.1 Å². The zero-order valence-electron chi connectivity index (χ0n) is 20.3. The number of benzene rings is 2. The van der Waals surface area contributed by atoms with Crippen molar-refractivity contribution in [3.05, 3.63) is 76.8 Å². The molecule has 4 aromatic rings. The second kappa shape index (κ2) is 9.92. The average molecular weight is 531 g/mol. The molecule has 0 amide bonds. The summed E-state index contributed by atoms with van der Waals surface area (Å²) in [6, 6.07) is 8.45. The van der Waals surface area contributed by atoms with Gasteiger partial charge in [0.2, 0.25) is 0 Å². The first-order chi connectivity index (χ1) is 18.2. The van der Waals surface area contributed by atoms with Gasteiger partial charge in [-0.25, -0.2) is 13.8 Å². The molecule has 0 radical (unpaired) electrons. The number of H-pyrrole nitrogens is 1. The Bertz CT molecular complexity index is 1490. The van der Waals surface area contributed by atoms with E-state index in [4.69, 9.17) is 9.26 Å².